The maximum atomic E-state index is 11.2. The van der Waals surface area contributed by atoms with Crippen molar-refractivity contribution in [3.63, 3.8) is 0 Å². The van der Waals surface area contributed by atoms with Crippen molar-refractivity contribution in [1.29, 1.82) is 0 Å². The van der Waals surface area contributed by atoms with Gasteiger partial charge >= 0.3 is 0 Å². The molecule has 0 heterocycles. The number of carbonyl (C=O) groups excluding carboxylic acids is 1. The first-order chi connectivity index (χ1) is 6.52. The molecule has 0 aromatic heterocycles. The molecule has 0 aliphatic rings. The Morgan fingerprint density at radius 2 is 2.14 bits per heavy atom. The number of amides is 1. The fourth-order valence-electron chi connectivity index (χ4n) is 1.21. The first kappa shape index (κ1) is 13.7. The Bertz CT molecular complexity index is 177. The highest BCUT2D eigenvalue weighted by Gasteiger charge is 2.16. The molecular formula is C9H21N3OS. The van der Waals surface area contributed by atoms with Gasteiger partial charge in [0.1, 0.15) is 0 Å². The first-order valence-electron chi connectivity index (χ1n) is 4.72. The van der Waals surface area contributed by atoms with Crippen LogP contribution < -0.4 is 11.3 Å². The van der Waals surface area contributed by atoms with Gasteiger partial charge in [-0.3, -0.25) is 10.2 Å². The fraction of sp³-hybridized carbons (Fsp3) is 0.889. The second-order valence-corrected chi connectivity index (χ2v) is 4.56. The summed E-state index contributed by atoms with van der Waals surface area (Å²) in [7, 11) is 2.03. The van der Waals surface area contributed by atoms with Crippen molar-refractivity contribution in [1.82, 2.24) is 10.3 Å². The highest BCUT2D eigenvalue weighted by Crippen LogP contribution is 2.06. The third-order valence-corrected chi connectivity index (χ3v) is 3.13. The maximum absolute atomic E-state index is 11.2. The van der Waals surface area contributed by atoms with Gasteiger partial charge in [0.2, 0.25) is 5.91 Å². The Morgan fingerprint density at radius 1 is 1.57 bits per heavy atom. The number of hydrogen-bond acceptors (Lipinski definition) is 4. The Hall–Kier alpha value is -0.260. The number of nitrogens with zero attached hydrogens (tertiary/aromatic N) is 1. The molecule has 1 amide bonds. The average molecular weight is 219 g/mol. The van der Waals surface area contributed by atoms with Crippen molar-refractivity contribution < 1.29 is 4.79 Å². The van der Waals surface area contributed by atoms with E-state index in [1.807, 2.05) is 25.7 Å². The van der Waals surface area contributed by atoms with E-state index in [1.54, 1.807) is 0 Å². The quantitative estimate of drug-likeness (QED) is 0.383. The van der Waals surface area contributed by atoms with Gasteiger partial charge in [-0.25, -0.2) is 5.84 Å². The van der Waals surface area contributed by atoms with Crippen molar-refractivity contribution in [3.8, 4) is 0 Å². The largest absolute Gasteiger partial charge is 0.302 e. The highest BCUT2D eigenvalue weighted by molar-refractivity contribution is 7.98. The summed E-state index contributed by atoms with van der Waals surface area (Å²) in [5.41, 5.74) is 2.17. The summed E-state index contributed by atoms with van der Waals surface area (Å²) in [5.74, 6) is 5.97. The molecule has 0 saturated heterocycles. The molecule has 0 fully saturated rings. The molecule has 0 bridgehead atoms. The van der Waals surface area contributed by atoms with Crippen LogP contribution in [0.25, 0.3) is 0 Å². The third-order valence-electron chi connectivity index (χ3n) is 2.31. The summed E-state index contributed by atoms with van der Waals surface area (Å²) in [6, 6.07) is 0.484. The van der Waals surface area contributed by atoms with E-state index in [-0.39, 0.29) is 11.8 Å². The van der Waals surface area contributed by atoms with Crippen LogP contribution >= 0.6 is 11.8 Å². The molecule has 4 nitrogen and oxygen atoms in total. The Kier molecular flexibility index (Phi) is 6.96. The molecule has 0 spiro atoms. The summed E-state index contributed by atoms with van der Waals surface area (Å²) in [4.78, 5) is 13.3. The SMILES string of the molecule is CSCC(C)N(C)CC(C)C(=O)NN. The Morgan fingerprint density at radius 3 is 2.57 bits per heavy atom. The normalized spacial score (nSPS) is 15.3. The Balaban J connectivity index is 3.91. The molecule has 0 aliphatic heterocycles. The topological polar surface area (TPSA) is 58.4 Å². The molecule has 5 heteroatoms. The van der Waals surface area contributed by atoms with Crippen LogP contribution in [-0.4, -0.2) is 42.4 Å². The van der Waals surface area contributed by atoms with E-state index in [1.165, 1.54) is 0 Å². The van der Waals surface area contributed by atoms with Gasteiger partial charge in [0.25, 0.3) is 0 Å². The van der Waals surface area contributed by atoms with Crippen molar-refractivity contribution >= 4 is 17.7 Å². The molecule has 3 N–H and O–H groups in total. The predicted octanol–water partition coefficient (Wildman–Crippen LogP) is 0.296. The number of hydrazine groups is 1. The zero-order valence-electron chi connectivity index (χ0n) is 9.41. The minimum Gasteiger partial charge on any atom is -0.302 e. The lowest BCUT2D eigenvalue weighted by Gasteiger charge is -2.26. The van der Waals surface area contributed by atoms with Crippen LogP contribution in [0, 0.1) is 5.92 Å². The molecule has 0 aromatic rings. The molecule has 0 aromatic carbocycles. The molecule has 2 unspecified atom stereocenters. The maximum Gasteiger partial charge on any atom is 0.237 e. The van der Waals surface area contributed by atoms with Gasteiger partial charge in [-0.05, 0) is 20.2 Å². The van der Waals surface area contributed by atoms with E-state index in [0.717, 1.165) is 12.3 Å². The molecule has 0 saturated carbocycles. The smallest absolute Gasteiger partial charge is 0.237 e. The number of carbonyl (C=O) groups is 1. The van der Waals surface area contributed by atoms with Crippen molar-refractivity contribution in [3.05, 3.63) is 0 Å². The van der Waals surface area contributed by atoms with E-state index >= 15 is 0 Å². The summed E-state index contributed by atoms with van der Waals surface area (Å²) >= 11 is 1.81. The standard InChI is InChI=1S/C9H21N3OS/c1-7(9(13)11-10)5-12(3)8(2)6-14-4/h7-8H,5-6,10H2,1-4H3,(H,11,13). The summed E-state index contributed by atoms with van der Waals surface area (Å²) in [6.45, 7) is 4.78. The van der Waals surface area contributed by atoms with Gasteiger partial charge in [-0.2, -0.15) is 11.8 Å². The molecular weight excluding hydrogens is 198 g/mol. The van der Waals surface area contributed by atoms with Crippen molar-refractivity contribution in [2.45, 2.75) is 19.9 Å². The Labute approximate surface area is 90.6 Å². The molecule has 84 valence electrons. The second-order valence-electron chi connectivity index (χ2n) is 3.65. The minimum atomic E-state index is -0.104. The minimum absolute atomic E-state index is 0.0608. The molecule has 2 atom stereocenters. The number of nitrogens with one attached hydrogen (secondary N) is 1. The summed E-state index contributed by atoms with van der Waals surface area (Å²) in [6.07, 6.45) is 2.08. The number of nitrogens with two attached hydrogens (primary N) is 1. The lowest BCUT2D eigenvalue weighted by molar-refractivity contribution is -0.125. The van der Waals surface area contributed by atoms with Gasteiger partial charge < -0.3 is 4.90 Å². The van der Waals surface area contributed by atoms with Crippen LogP contribution in [0.2, 0.25) is 0 Å². The highest BCUT2D eigenvalue weighted by atomic mass is 32.2. The molecule has 0 rings (SSSR count). The van der Waals surface area contributed by atoms with Crippen LogP contribution in [0.3, 0.4) is 0 Å². The van der Waals surface area contributed by atoms with E-state index in [0.29, 0.717) is 6.04 Å². The van der Waals surface area contributed by atoms with Crippen LogP contribution in [0.5, 0.6) is 0 Å². The van der Waals surface area contributed by atoms with E-state index in [4.69, 9.17) is 5.84 Å². The zero-order chi connectivity index (χ0) is 11.1. The predicted molar refractivity (Wildman–Crippen MR) is 62.0 cm³/mol. The first-order valence-corrected chi connectivity index (χ1v) is 6.12. The van der Waals surface area contributed by atoms with Gasteiger partial charge in [0.05, 0.1) is 0 Å². The lowest BCUT2D eigenvalue weighted by Crippen LogP contribution is -2.42. The van der Waals surface area contributed by atoms with Gasteiger partial charge in [-0.15, -0.1) is 0 Å². The number of thioether (sulfide) groups is 1. The lowest BCUT2D eigenvalue weighted by atomic mass is 10.1. The fourth-order valence-corrected chi connectivity index (χ4v) is 1.94. The summed E-state index contributed by atoms with van der Waals surface area (Å²) < 4.78 is 0. The average Bonchev–Trinajstić information content (AvgIpc) is 2.16. The summed E-state index contributed by atoms with van der Waals surface area (Å²) in [5, 5.41) is 0. The van der Waals surface area contributed by atoms with Gasteiger partial charge in [-0.1, -0.05) is 6.92 Å². The third kappa shape index (κ3) is 4.83. The van der Waals surface area contributed by atoms with E-state index in [9.17, 15) is 4.79 Å². The van der Waals surface area contributed by atoms with Crippen LogP contribution in [0.15, 0.2) is 0 Å². The van der Waals surface area contributed by atoms with Crippen LogP contribution in [-0.2, 0) is 4.79 Å². The number of hydrogen-bond donors (Lipinski definition) is 2. The zero-order valence-corrected chi connectivity index (χ0v) is 10.2. The van der Waals surface area contributed by atoms with E-state index < -0.39 is 0 Å². The molecule has 0 aliphatic carbocycles. The van der Waals surface area contributed by atoms with Crippen molar-refractivity contribution in [2.24, 2.45) is 11.8 Å². The second kappa shape index (κ2) is 7.09. The monoisotopic (exact) mass is 219 g/mol. The number of rotatable bonds is 6. The van der Waals surface area contributed by atoms with Crippen LogP contribution in [0.1, 0.15) is 13.8 Å². The van der Waals surface area contributed by atoms with Crippen molar-refractivity contribution in [2.75, 3.05) is 25.6 Å². The molecule has 0 radical (unpaired) electrons. The molecule has 14 heavy (non-hydrogen) atoms. The van der Waals surface area contributed by atoms with E-state index in [2.05, 4.69) is 23.5 Å². The van der Waals surface area contributed by atoms with Gasteiger partial charge in [0, 0.05) is 24.3 Å². The van der Waals surface area contributed by atoms with Gasteiger partial charge in [0.15, 0.2) is 0 Å². The van der Waals surface area contributed by atoms with Crippen LogP contribution in [0.4, 0.5) is 0 Å².